The van der Waals surface area contributed by atoms with E-state index >= 15 is 0 Å². The highest BCUT2D eigenvalue weighted by molar-refractivity contribution is 6.06. The van der Waals surface area contributed by atoms with E-state index in [1.807, 2.05) is 0 Å². The molecule has 3 aromatic rings. The number of nitrogens with zero attached hydrogens (tertiary/aromatic N) is 1. The summed E-state index contributed by atoms with van der Waals surface area (Å²) in [5.74, 6) is -1.28. The number of esters is 1. The molecule has 1 heterocycles. The van der Waals surface area contributed by atoms with Gasteiger partial charge in [0, 0.05) is 23.8 Å². The van der Waals surface area contributed by atoms with Gasteiger partial charge in [-0.25, -0.2) is 4.79 Å². The van der Waals surface area contributed by atoms with E-state index < -0.39 is 29.0 Å². The van der Waals surface area contributed by atoms with Crippen molar-refractivity contribution in [3.8, 4) is 0 Å². The molecule has 0 bridgehead atoms. The van der Waals surface area contributed by atoms with Crippen LogP contribution in [0.4, 0.5) is 18.9 Å². The number of pyridine rings is 1. The van der Waals surface area contributed by atoms with Crippen LogP contribution in [0.15, 0.2) is 53.5 Å². The summed E-state index contributed by atoms with van der Waals surface area (Å²) in [5, 5.41) is 2.34. The molecule has 9 heteroatoms. The number of nitrogens with one attached hydrogen (secondary N) is 1. The Hall–Kier alpha value is -3.62. The van der Waals surface area contributed by atoms with Crippen molar-refractivity contribution >= 4 is 28.5 Å². The SMILES string of the molecule is CCOC(=O)c1ccc(NC(=O)c2cn(CC)c3ccc(C(F)(F)F)cc3c2=O)cc1. The molecule has 3 rings (SSSR count). The van der Waals surface area contributed by atoms with Gasteiger partial charge in [0.15, 0.2) is 0 Å². The predicted octanol–water partition coefficient (Wildman–Crippen LogP) is 4.47. The second-order valence-corrected chi connectivity index (χ2v) is 6.64. The van der Waals surface area contributed by atoms with Crippen LogP contribution in [-0.4, -0.2) is 23.1 Å². The van der Waals surface area contributed by atoms with Gasteiger partial charge in [-0.05, 0) is 56.3 Å². The Kier molecular flexibility index (Phi) is 6.14. The van der Waals surface area contributed by atoms with Crippen molar-refractivity contribution in [3.05, 3.63) is 75.6 Å². The monoisotopic (exact) mass is 432 g/mol. The highest BCUT2D eigenvalue weighted by atomic mass is 19.4. The molecule has 0 aliphatic heterocycles. The van der Waals surface area contributed by atoms with Crippen LogP contribution in [-0.2, 0) is 17.5 Å². The number of aromatic nitrogens is 1. The van der Waals surface area contributed by atoms with Crippen LogP contribution >= 0.6 is 0 Å². The van der Waals surface area contributed by atoms with Crippen molar-refractivity contribution in [1.82, 2.24) is 4.57 Å². The van der Waals surface area contributed by atoms with Crippen molar-refractivity contribution < 1.29 is 27.5 Å². The summed E-state index contributed by atoms with van der Waals surface area (Å²) in [4.78, 5) is 37.2. The minimum absolute atomic E-state index is 0.193. The van der Waals surface area contributed by atoms with Crippen LogP contribution < -0.4 is 10.7 Å². The second kappa shape index (κ2) is 8.63. The molecule has 162 valence electrons. The largest absolute Gasteiger partial charge is 0.462 e. The van der Waals surface area contributed by atoms with Gasteiger partial charge in [-0.2, -0.15) is 13.2 Å². The van der Waals surface area contributed by atoms with Crippen molar-refractivity contribution in [3.63, 3.8) is 0 Å². The summed E-state index contributed by atoms with van der Waals surface area (Å²) in [6.07, 6.45) is -3.29. The molecule has 31 heavy (non-hydrogen) atoms. The zero-order valence-corrected chi connectivity index (χ0v) is 16.7. The molecular formula is C22H19F3N2O4. The average molecular weight is 432 g/mol. The minimum Gasteiger partial charge on any atom is -0.462 e. The number of carbonyl (C=O) groups is 2. The average Bonchev–Trinajstić information content (AvgIpc) is 2.74. The first-order valence-electron chi connectivity index (χ1n) is 9.48. The summed E-state index contributed by atoms with van der Waals surface area (Å²) in [5.41, 5.74) is -1.15. The first kappa shape index (κ1) is 22.1. The number of hydrogen-bond donors (Lipinski definition) is 1. The summed E-state index contributed by atoms with van der Waals surface area (Å²) in [6, 6.07) is 8.71. The topological polar surface area (TPSA) is 77.4 Å². The predicted molar refractivity (Wildman–Crippen MR) is 109 cm³/mol. The van der Waals surface area contributed by atoms with Gasteiger partial charge in [-0.15, -0.1) is 0 Å². The summed E-state index contributed by atoms with van der Waals surface area (Å²) in [6.45, 7) is 3.99. The molecule has 0 radical (unpaired) electrons. The summed E-state index contributed by atoms with van der Waals surface area (Å²) in [7, 11) is 0. The number of rotatable bonds is 5. The van der Waals surface area contributed by atoms with Crippen LogP contribution in [0.3, 0.4) is 0 Å². The third-order valence-electron chi connectivity index (χ3n) is 4.65. The van der Waals surface area contributed by atoms with Crippen LogP contribution in [0.5, 0.6) is 0 Å². The van der Waals surface area contributed by atoms with Gasteiger partial charge >= 0.3 is 12.1 Å². The van der Waals surface area contributed by atoms with Gasteiger partial charge in [-0.3, -0.25) is 9.59 Å². The van der Waals surface area contributed by atoms with Crippen LogP contribution in [0.25, 0.3) is 10.9 Å². The Labute approximate surface area is 175 Å². The number of aryl methyl sites for hydroxylation is 1. The molecule has 2 aromatic carbocycles. The molecule has 0 spiro atoms. The lowest BCUT2D eigenvalue weighted by Crippen LogP contribution is -2.24. The first-order chi connectivity index (χ1) is 14.7. The molecule has 1 aromatic heterocycles. The Morgan fingerprint density at radius 2 is 1.74 bits per heavy atom. The Morgan fingerprint density at radius 3 is 2.32 bits per heavy atom. The number of anilines is 1. The standard InChI is InChI=1S/C22H19F3N2O4/c1-3-27-12-17(19(28)16-11-14(22(23,24)25)7-10-18(16)27)20(29)26-15-8-5-13(6-9-15)21(30)31-4-2/h5-12H,3-4H2,1-2H3,(H,26,29). The lowest BCUT2D eigenvalue weighted by Gasteiger charge is -2.14. The van der Waals surface area contributed by atoms with E-state index in [2.05, 4.69) is 5.32 Å². The van der Waals surface area contributed by atoms with Crippen molar-refractivity contribution in [1.29, 1.82) is 0 Å². The summed E-state index contributed by atoms with van der Waals surface area (Å²) < 4.78 is 45.7. The number of carbonyl (C=O) groups excluding carboxylic acids is 2. The van der Waals surface area contributed by atoms with E-state index in [4.69, 9.17) is 4.74 Å². The van der Waals surface area contributed by atoms with E-state index in [9.17, 15) is 27.6 Å². The van der Waals surface area contributed by atoms with Crippen molar-refractivity contribution in [2.75, 3.05) is 11.9 Å². The van der Waals surface area contributed by atoms with Crippen LogP contribution in [0, 0.1) is 0 Å². The van der Waals surface area contributed by atoms with Gasteiger partial charge < -0.3 is 14.6 Å². The van der Waals surface area contributed by atoms with E-state index in [-0.39, 0.29) is 17.6 Å². The maximum Gasteiger partial charge on any atom is 0.416 e. The number of amides is 1. The number of fused-ring (bicyclic) bond motifs is 1. The quantitative estimate of drug-likeness (QED) is 0.604. The normalized spacial score (nSPS) is 11.4. The van der Waals surface area contributed by atoms with Gasteiger partial charge in [0.25, 0.3) is 5.91 Å². The molecule has 0 unspecified atom stereocenters. The third-order valence-corrected chi connectivity index (χ3v) is 4.65. The van der Waals surface area contributed by atoms with E-state index in [0.29, 0.717) is 23.3 Å². The molecule has 1 N–H and O–H groups in total. The molecule has 0 aliphatic carbocycles. The lowest BCUT2D eigenvalue weighted by molar-refractivity contribution is -0.137. The maximum atomic E-state index is 13.1. The van der Waals surface area contributed by atoms with Crippen molar-refractivity contribution in [2.45, 2.75) is 26.6 Å². The molecule has 1 amide bonds. The molecule has 0 fully saturated rings. The van der Waals surface area contributed by atoms with Gasteiger partial charge in [0.2, 0.25) is 5.43 Å². The lowest BCUT2D eigenvalue weighted by atomic mass is 10.1. The van der Waals surface area contributed by atoms with Crippen LogP contribution in [0.2, 0.25) is 0 Å². The highest BCUT2D eigenvalue weighted by Gasteiger charge is 2.31. The molecule has 0 saturated heterocycles. The third kappa shape index (κ3) is 4.60. The maximum absolute atomic E-state index is 13.1. The van der Waals surface area contributed by atoms with Gasteiger partial charge in [0.1, 0.15) is 5.56 Å². The first-order valence-corrected chi connectivity index (χ1v) is 9.48. The fraction of sp³-hybridized carbons (Fsp3) is 0.227. The molecule has 0 aliphatic rings. The zero-order chi connectivity index (χ0) is 22.8. The Morgan fingerprint density at radius 1 is 1.06 bits per heavy atom. The number of ether oxygens (including phenoxy) is 1. The summed E-state index contributed by atoms with van der Waals surface area (Å²) >= 11 is 0. The van der Waals surface area contributed by atoms with Gasteiger partial charge in [0.05, 0.1) is 23.3 Å². The molecule has 0 atom stereocenters. The second-order valence-electron chi connectivity index (χ2n) is 6.64. The number of benzene rings is 2. The van der Waals surface area contributed by atoms with E-state index in [1.54, 1.807) is 13.8 Å². The zero-order valence-electron chi connectivity index (χ0n) is 16.7. The highest BCUT2D eigenvalue weighted by Crippen LogP contribution is 2.30. The number of alkyl halides is 3. The van der Waals surface area contributed by atoms with Crippen molar-refractivity contribution in [2.24, 2.45) is 0 Å². The molecule has 0 saturated carbocycles. The smallest absolute Gasteiger partial charge is 0.416 e. The Balaban J connectivity index is 1.98. The van der Waals surface area contributed by atoms with E-state index in [1.165, 1.54) is 41.1 Å². The molecule has 6 nitrogen and oxygen atoms in total. The number of halogens is 3. The fourth-order valence-electron chi connectivity index (χ4n) is 3.10. The van der Waals surface area contributed by atoms with Crippen LogP contribution in [0.1, 0.15) is 40.1 Å². The molecular weight excluding hydrogens is 413 g/mol. The van der Waals surface area contributed by atoms with E-state index in [0.717, 1.165) is 12.1 Å². The van der Waals surface area contributed by atoms with Gasteiger partial charge in [-0.1, -0.05) is 0 Å². The Bertz CT molecular complexity index is 1200. The minimum atomic E-state index is -4.61. The fourth-order valence-corrected chi connectivity index (χ4v) is 3.10. The number of hydrogen-bond acceptors (Lipinski definition) is 4.